The number of hydrogen-bond donors (Lipinski definition) is 2. The van der Waals surface area contributed by atoms with Gasteiger partial charge in [0.1, 0.15) is 11.5 Å². The molecule has 0 amide bonds. The van der Waals surface area contributed by atoms with Gasteiger partial charge in [0.15, 0.2) is 0 Å². The standard InChI is InChI=1S/C14H15N5/c1-3-13-16-7-6-12(17-13)14-10-8-9(15-2)4-5-11(10)18-19-14/h4-8,15H,3H2,1-2H3,(H,18,19). The number of benzene rings is 1. The Kier molecular flexibility index (Phi) is 2.87. The molecule has 5 nitrogen and oxygen atoms in total. The van der Waals surface area contributed by atoms with Crippen LogP contribution in [0.3, 0.4) is 0 Å². The molecule has 0 aliphatic heterocycles. The third-order valence-corrected chi connectivity index (χ3v) is 3.12. The molecular formula is C14H15N5. The van der Waals surface area contributed by atoms with Crippen molar-refractivity contribution in [1.29, 1.82) is 0 Å². The molecular weight excluding hydrogens is 238 g/mol. The molecule has 2 aromatic heterocycles. The second kappa shape index (κ2) is 4.68. The molecule has 1 aromatic carbocycles. The summed E-state index contributed by atoms with van der Waals surface area (Å²) >= 11 is 0. The number of nitrogens with one attached hydrogen (secondary N) is 2. The van der Waals surface area contributed by atoms with Crippen LogP contribution < -0.4 is 5.32 Å². The number of nitrogens with zero attached hydrogens (tertiary/aromatic N) is 3. The number of fused-ring (bicyclic) bond motifs is 1. The van der Waals surface area contributed by atoms with Crippen LogP contribution in [0.4, 0.5) is 5.69 Å². The molecule has 0 radical (unpaired) electrons. The average Bonchev–Trinajstić information content (AvgIpc) is 2.90. The van der Waals surface area contributed by atoms with Gasteiger partial charge in [0.2, 0.25) is 0 Å². The van der Waals surface area contributed by atoms with E-state index in [0.29, 0.717) is 0 Å². The van der Waals surface area contributed by atoms with E-state index in [2.05, 4.69) is 31.5 Å². The first-order valence-electron chi connectivity index (χ1n) is 6.30. The van der Waals surface area contributed by atoms with Crippen LogP contribution in [0, 0.1) is 0 Å². The van der Waals surface area contributed by atoms with E-state index in [0.717, 1.165) is 40.2 Å². The van der Waals surface area contributed by atoms with Crippen molar-refractivity contribution in [2.75, 3.05) is 12.4 Å². The minimum absolute atomic E-state index is 0.817. The van der Waals surface area contributed by atoms with E-state index >= 15 is 0 Å². The van der Waals surface area contributed by atoms with Crippen LogP contribution in [0.2, 0.25) is 0 Å². The molecule has 0 unspecified atom stereocenters. The fourth-order valence-corrected chi connectivity index (χ4v) is 2.07. The van der Waals surface area contributed by atoms with Gasteiger partial charge < -0.3 is 5.32 Å². The van der Waals surface area contributed by atoms with Crippen molar-refractivity contribution in [3.05, 3.63) is 36.3 Å². The van der Waals surface area contributed by atoms with Gasteiger partial charge in [-0.15, -0.1) is 0 Å². The van der Waals surface area contributed by atoms with E-state index in [4.69, 9.17) is 0 Å². The van der Waals surface area contributed by atoms with Crippen LogP contribution >= 0.6 is 0 Å². The smallest absolute Gasteiger partial charge is 0.128 e. The topological polar surface area (TPSA) is 66.5 Å². The van der Waals surface area contributed by atoms with Gasteiger partial charge in [-0.25, -0.2) is 9.97 Å². The molecule has 2 N–H and O–H groups in total. The molecule has 0 saturated heterocycles. The van der Waals surface area contributed by atoms with Gasteiger partial charge in [0, 0.05) is 30.7 Å². The lowest BCUT2D eigenvalue weighted by molar-refractivity contribution is 0.939. The predicted octanol–water partition coefficient (Wildman–Crippen LogP) is 2.62. The summed E-state index contributed by atoms with van der Waals surface area (Å²) in [6, 6.07) is 7.99. The highest BCUT2D eigenvalue weighted by atomic mass is 15.1. The molecule has 0 spiro atoms. The van der Waals surface area contributed by atoms with E-state index in [1.165, 1.54) is 0 Å². The minimum Gasteiger partial charge on any atom is -0.388 e. The molecule has 96 valence electrons. The second-order valence-corrected chi connectivity index (χ2v) is 4.29. The lowest BCUT2D eigenvalue weighted by atomic mass is 10.1. The maximum absolute atomic E-state index is 4.53. The number of hydrogen-bond acceptors (Lipinski definition) is 4. The Morgan fingerprint density at radius 2 is 2.16 bits per heavy atom. The molecule has 5 heteroatoms. The summed E-state index contributed by atoms with van der Waals surface area (Å²) in [5.74, 6) is 0.832. The van der Waals surface area contributed by atoms with E-state index in [9.17, 15) is 0 Å². The van der Waals surface area contributed by atoms with E-state index in [-0.39, 0.29) is 0 Å². The SMILES string of the molecule is CCc1nccc(-c2n[nH]c3ccc(NC)cc23)n1. The number of rotatable bonds is 3. The van der Waals surface area contributed by atoms with E-state index < -0.39 is 0 Å². The Balaban J connectivity index is 2.18. The summed E-state index contributed by atoms with van der Waals surface area (Å²) in [6.45, 7) is 2.04. The first kappa shape index (κ1) is 11.6. The number of anilines is 1. The fourth-order valence-electron chi connectivity index (χ4n) is 2.07. The van der Waals surface area contributed by atoms with Gasteiger partial charge in [-0.2, -0.15) is 5.10 Å². The van der Waals surface area contributed by atoms with Crippen LogP contribution in [0.25, 0.3) is 22.3 Å². The number of aryl methyl sites for hydroxylation is 1. The third kappa shape index (κ3) is 2.03. The maximum Gasteiger partial charge on any atom is 0.128 e. The van der Waals surface area contributed by atoms with Crippen LogP contribution in [0.1, 0.15) is 12.7 Å². The van der Waals surface area contributed by atoms with Crippen molar-refractivity contribution in [1.82, 2.24) is 20.2 Å². The van der Waals surface area contributed by atoms with Crippen LogP contribution in [-0.2, 0) is 6.42 Å². The Morgan fingerprint density at radius 3 is 2.95 bits per heavy atom. The number of aromatic amines is 1. The molecule has 0 aliphatic rings. The minimum atomic E-state index is 0.817. The van der Waals surface area contributed by atoms with Crippen molar-refractivity contribution in [2.45, 2.75) is 13.3 Å². The van der Waals surface area contributed by atoms with E-state index in [1.807, 2.05) is 32.2 Å². The second-order valence-electron chi connectivity index (χ2n) is 4.29. The summed E-state index contributed by atoms with van der Waals surface area (Å²) in [5.41, 5.74) is 3.78. The molecule has 2 heterocycles. The fraction of sp³-hybridized carbons (Fsp3) is 0.214. The summed E-state index contributed by atoms with van der Waals surface area (Å²) in [6.07, 6.45) is 2.60. The molecule has 3 aromatic rings. The zero-order valence-electron chi connectivity index (χ0n) is 10.9. The molecule has 0 saturated carbocycles. The molecule has 0 atom stereocenters. The largest absolute Gasteiger partial charge is 0.388 e. The van der Waals surface area contributed by atoms with Crippen molar-refractivity contribution in [3.8, 4) is 11.4 Å². The highest BCUT2D eigenvalue weighted by molar-refractivity contribution is 5.94. The first-order valence-corrected chi connectivity index (χ1v) is 6.30. The maximum atomic E-state index is 4.53. The van der Waals surface area contributed by atoms with Crippen molar-refractivity contribution >= 4 is 16.6 Å². The zero-order chi connectivity index (χ0) is 13.2. The Bertz CT molecular complexity index is 717. The summed E-state index contributed by atoms with van der Waals surface area (Å²) in [5, 5.41) is 11.6. The average molecular weight is 253 g/mol. The number of aromatic nitrogens is 4. The van der Waals surface area contributed by atoms with Gasteiger partial charge in [0.25, 0.3) is 0 Å². The monoisotopic (exact) mass is 253 g/mol. The van der Waals surface area contributed by atoms with Gasteiger partial charge in [0.05, 0.1) is 11.2 Å². The number of H-pyrrole nitrogens is 1. The first-order chi connectivity index (χ1) is 9.31. The third-order valence-electron chi connectivity index (χ3n) is 3.12. The molecule has 0 fully saturated rings. The lowest BCUT2D eigenvalue weighted by Gasteiger charge is -2.02. The highest BCUT2D eigenvalue weighted by Crippen LogP contribution is 2.27. The summed E-state index contributed by atoms with van der Waals surface area (Å²) in [4.78, 5) is 8.75. The zero-order valence-corrected chi connectivity index (χ0v) is 10.9. The van der Waals surface area contributed by atoms with Crippen molar-refractivity contribution in [3.63, 3.8) is 0 Å². The van der Waals surface area contributed by atoms with Gasteiger partial charge in [-0.3, -0.25) is 5.10 Å². The van der Waals surface area contributed by atoms with Gasteiger partial charge in [-0.1, -0.05) is 6.92 Å². The summed E-state index contributed by atoms with van der Waals surface area (Å²) < 4.78 is 0. The highest BCUT2D eigenvalue weighted by Gasteiger charge is 2.10. The van der Waals surface area contributed by atoms with Crippen molar-refractivity contribution < 1.29 is 0 Å². The molecule has 0 bridgehead atoms. The van der Waals surface area contributed by atoms with Crippen LogP contribution in [0.15, 0.2) is 30.5 Å². The van der Waals surface area contributed by atoms with E-state index in [1.54, 1.807) is 6.20 Å². The molecule has 0 aliphatic carbocycles. The van der Waals surface area contributed by atoms with Crippen molar-refractivity contribution in [2.24, 2.45) is 0 Å². The quantitative estimate of drug-likeness (QED) is 0.753. The van der Waals surface area contributed by atoms with Crippen LogP contribution in [-0.4, -0.2) is 27.2 Å². The summed E-state index contributed by atoms with van der Waals surface area (Å²) in [7, 11) is 1.90. The normalized spacial score (nSPS) is 10.8. The van der Waals surface area contributed by atoms with Gasteiger partial charge >= 0.3 is 0 Å². The van der Waals surface area contributed by atoms with Crippen LogP contribution in [0.5, 0.6) is 0 Å². The Hall–Kier alpha value is -2.43. The lowest BCUT2D eigenvalue weighted by Crippen LogP contribution is -1.94. The van der Waals surface area contributed by atoms with Gasteiger partial charge in [-0.05, 0) is 24.3 Å². The molecule has 3 rings (SSSR count). The molecule has 19 heavy (non-hydrogen) atoms. The Labute approximate surface area is 111 Å². The Morgan fingerprint density at radius 1 is 1.26 bits per heavy atom. The predicted molar refractivity (Wildman–Crippen MR) is 76.0 cm³/mol.